The molecule has 128 valence electrons. The van der Waals surface area contributed by atoms with Gasteiger partial charge in [0.15, 0.2) is 6.29 Å². The van der Waals surface area contributed by atoms with E-state index < -0.39 is 6.29 Å². The molecule has 0 spiro atoms. The van der Waals surface area contributed by atoms with Gasteiger partial charge >= 0.3 is 0 Å². The normalized spacial score (nSPS) is 31.0. The summed E-state index contributed by atoms with van der Waals surface area (Å²) >= 11 is 0. The molecule has 0 radical (unpaired) electrons. The predicted molar refractivity (Wildman–Crippen MR) is 87.1 cm³/mol. The SMILES string of the molecule is C=CCO[C@@H]1O[C@H](C)[C@H](OCc2ccccc2)[C@H](OC)[C@@H]1OC. The third-order valence-electron chi connectivity index (χ3n) is 3.94. The summed E-state index contributed by atoms with van der Waals surface area (Å²) in [5, 5.41) is 0. The van der Waals surface area contributed by atoms with Crippen molar-refractivity contribution in [2.45, 2.75) is 44.2 Å². The third-order valence-corrected chi connectivity index (χ3v) is 3.94. The molecule has 0 bridgehead atoms. The molecule has 5 nitrogen and oxygen atoms in total. The molecule has 2 rings (SSSR count). The second-order valence-electron chi connectivity index (χ2n) is 5.49. The van der Waals surface area contributed by atoms with Crippen LogP contribution in [-0.2, 0) is 30.3 Å². The lowest BCUT2D eigenvalue weighted by atomic mass is 9.99. The van der Waals surface area contributed by atoms with E-state index in [4.69, 9.17) is 23.7 Å². The smallest absolute Gasteiger partial charge is 0.187 e. The van der Waals surface area contributed by atoms with E-state index in [1.807, 2.05) is 37.3 Å². The van der Waals surface area contributed by atoms with E-state index in [9.17, 15) is 0 Å². The monoisotopic (exact) mass is 322 g/mol. The van der Waals surface area contributed by atoms with Crippen LogP contribution < -0.4 is 0 Å². The van der Waals surface area contributed by atoms with Gasteiger partial charge in [-0.3, -0.25) is 0 Å². The van der Waals surface area contributed by atoms with Crippen molar-refractivity contribution in [2.24, 2.45) is 0 Å². The average Bonchev–Trinajstić information content (AvgIpc) is 2.59. The Kier molecular flexibility index (Phi) is 7.20. The fourth-order valence-corrected chi connectivity index (χ4v) is 2.78. The van der Waals surface area contributed by atoms with Gasteiger partial charge in [-0.2, -0.15) is 0 Å². The fraction of sp³-hybridized carbons (Fsp3) is 0.556. The van der Waals surface area contributed by atoms with Crippen LogP contribution in [0, 0.1) is 0 Å². The summed E-state index contributed by atoms with van der Waals surface area (Å²) in [6.45, 7) is 6.50. The standard InChI is InChI=1S/C18H26O5/c1-5-11-21-18-17(20-4)16(19-3)15(13(2)23-18)22-12-14-9-7-6-8-10-14/h5-10,13,15-18H,1,11-12H2,2-4H3/t13-,15+,16+,17+,18-/m1/s1. The van der Waals surface area contributed by atoms with E-state index in [0.717, 1.165) is 5.56 Å². The first-order valence-corrected chi connectivity index (χ1v) is 7.80. The lowest BCUT2D eigenvalue weighted by Crippen LogP contribution is -2.59. The summed E-state index contributed by atoms with van der Waals surface area (Å²) in [4.78, 5) is 0. The molecule has 1 aliphatic heterocycles. The Balaban J connectivity index is 2.04. The number of rotatable bonds is 8. The average molecular weight is 322 g/mol. The molecule has 0 aromatic heterocycles. The molecule has 1 aromatic carbocycles. The summed E-state index contributed by atoms with van der Waals surface area (Å²) in [5.41, 5.74) is 1.11. The van der Waals surface area contributed by atoms with E-state index >= 15 is 0 Å². The van der Waals surface area contributed by atoms with Crippen LogP contribution >= 0.6 is 0 Å². The Morgan fingerprint density at radius 2 is 1.74 bits per heavy atom. The molecule has 1 aliphatic rings. The van der Waals surface area contributed by atoms with Gasteiger partial charge in [-0.05, 0) is 12.5 Å². The van der Waals surface area contributed by atoms with Crippen LogP contribution in [-0.4, -0.2) is 51.5 Å². The van der Waals surface area contributed by atoms with Gasteiger partial charge in [0.25, 0.3) is 0 Å². The molecular formula is C18H26O5. The number of hydrogen-bond donors (Lipinski definition) is 0. The minimum Gasteiger partial charge on any atom is -0.376 e. The first-order valence-electron chi connectivity index (χ1n) is 7.80. The van der Waals surface area contributed by atoms with Gasteiger partial charge in [0.2, 0.25) is 0 Å². The Morgan fingerprint density at radius 3 is 2.35 bits per heavy atom. The summed E-state index contributed by atoms with van der Waals surface area (Å²) in [7, 11) is 3.27. The van der Waals surface area contributed by atoms with Crippen LogP contribution in [0.15, 0.2) is 43.0 Å². The fourth-order valence-electron chi connectivity index (χ4n) is 2.78. The summed E-state index contributed by atoms with van der Waals surface area (Å²) in [6.07, 6.45) is 0.118. The van der Waals surface area contributed by atoms with Crippen molar-refractivity contribution in [1.29, 1.82) is 0 Å². The molecule has 1 aromatic rings. The first-order chi connectivity index (χ1) is 11.2. The van der Waals surface area contributed by atoms with E-state index in [2.05, 4.69) is 6.58 Å². The van der Waals surface area contributed by atoms with Crippen molar-refractivity contribution in [2.75, 3.05) is 20.8 Å². The summed E-state index contributed by atoms with van der Waals surface area (Å²) in [5.74, 6) is 0. The van der Waals surface area contributed by atoms with Crippen LogP contribution in [0.4, 0.5) is 0 Å². The molecule has 0 N–H and O–H groups in total. The maximum absolute atomic E-state index is 6.06. The van der Waals surface area contributed by atoms with Gasteiger partial charge in [-0.15, -0.1) is 6.58 Å². The van der Waals surface area contributed by atoms with Gasteiger partial charge in [0.05, 0.1) is 19.3 Å². The zero-order chi connectivity index (χ0) is 16.7. The predicted octanol–water partition coefficient (Wildman–Crippen LogP) is 2.55. The van der Waals surface area contributed by atoms with Crippen molar-refractivity contribution in [3.63, 3.8) is 0 Å². The van der Waals surface area contributed by atoms with Gasteiger partial charge in [-0.25, -0.2) is 0 Å². The second-order valence-corrected chi connectivity index (χ2v) is 5.49. The third kappa shape index (κ3) is 4.62. The number of ether oxygens (including phenoxy) is 5. The van der Waals surface area contributed by atoms with Crippen molar-refractivity contribution in [3.05, 3.63) is 48.6 Å². The minimum absolute atomic E-state index is 0.176. The zero-order valence-corrected chi connectivity index (χ0v) is 14.0. The first kappa shape index (κ1) is 18.1. The van der Waals surface area contributed by atoms with Crippen molar-refractivity contribution < 1.29 is 23.7 Å². The molecule has 1 saturated heterocycles. The van der Waals surface area contributed by atoms with Crippen LogP contribution in [0.2, 0.25) is 0 Å². The van der Waals surface area contributed by atoms with Gasteiger partial charge < -0.3 is 23.7 Å². The van der Waals surface area contributed by atoms with E-state index in [1.165, 1.54) is 0 Å². The molecule has 1 fully saturated rings. The van der Waals surface area contributed by atoms with Crippen molar-refractivity contribution >= 4 is 0 Å². The quantitative estimate of drug-likeness (QED) is 0.688. The molecule has 5 atom stereocenters. The Morgan fingerprint density at radius 1 is 1.04 bits per heavy atom. The molecule has 0 aliphatic carbocycles. The lowest BCUT2D eigenvalue weighted by molar-refractivity contribution is -0.307. The van der Waals surface area contributed by atoms with Crippen LogP contribution in [0.5, 0.6) is 0 Å². The number of benzene rings is 1. The van der Waals surface area contributed by atoms with Crippen LogP contribution in [0.1, 0.15) is 12.5 Å². The topological polar surface area (TPSA) is 46.2 Å². The van der Waals surface area contributed by atoms with Gasteiger partial charge in [-0.1, -0.05) is 36.4 Å². The highest BCUT2D eigenvalue weighted by molar-refractivity contribution is 5.13. The maximum atomic E-state index is 6.06. The summed E-state index contributed by atoms with van der Waals surface area (Å²) in [6, 6.07) is 10.0. The minimum atomic E-state index is -0.505. The Hall–Kier alpha value is -1.24. The van der Waals surface area contributed by atoms with Gasteiger partial charge in [0.1, 0.15) is 18.3 Å². The second kappa shape index (κ2) is 9.15. The highest BCUT2D eigenvalue weighted by atomic mass is 16.7. The van der Waals surface area contributed by atoms with E-state index in [1.54, 1.807) is 20.3 Å². The van der Waals surface area contributed by atoms with E-state index in [0.29, 0.717) is 13.2 Å². The molecule has 0 saturated carbocycles. The molecule has 1 heterocycles. The van der Waals surface area contributed by atoms with Crippen molar-refractivity contribution in [3.8, 4) is 0 Å². The number of hydrogen-bond acceptors (Lipinski definition) is 5. The van der Waals surface area contributed by atoms with Crippen LogP contribution in [0.25, 0.3) is 0 Å². The molecule has 23 heavy (non-hydrogen) atoms. The largest absolute Gasteiger partial charge is 0.376 e. The highest BCUT2D eigenvalue weighted by Crippen LogP contribution is 2.28. The van der Waals surface area contributed by atoms with Crippen LogP contribution in [0.3, 0.4) is 0 Å². The lowest BCUT2D eigenvalue weighted by Gasteiger charge is -2.44. The van der Waals surface area contributed by atoms with E-state index in [-0.39, 0.29) is 24.4 Å². The van der Waals surface area contributed by atoms with Gasteiger partial charge in [0, 0.05) is 14.2 Å². The maximum Gasteiger partial charge on any atom is 0.187 e. The Labute approximate surface area is 138 Å². The molecular weight excluding hydrogens is 296 g/mol. The summed E-state index contributed by atoms with van der Waals surface area (Å²) < 4.78 is 28.8. The Bertz CT molecular complexity index is 464. The highest BCUT2D eigenvalue weighted by Gasteiger charge is 2.46. The molecule has 0 amide bonds. The molecule has 5 heteroatoms. The van der Waals surface area contributed by atoms with Crippen molar-refractivity contribution in [1.82, 2.24) is 0 Å². The zero-order valence-electron chi connectivity index (χ0n) is 14.0. The molecule has 0 unspecified atom stereocenters. The number of methoxy groups -OCH3 is 2.